The Morgan fingerprint density at radius 1 is 1.03 bits per heavy atom. The number of hydrogen-bond donors (Lipinski definition) is 0. The number of ether oxygens (including phenoxy) is 1. The summed E-state index contributed by atoms with van der Waals surface area (Å²) in [5, 5.41) is 0.638. The lowest BCUT2D eigenvalue weighted by molar-refractivity contribution is -0.113. The fourth-order valence-corrected chi connectivity index (χ4v) is 5.70. The van der Waals surface area contributed by atoms with Crippen LogP contribution in [0.25, 0.3) is 6.08 Å². The zero-order valence-corrected chi connectivity index (χ0v) is 23.2. The molecule has 0 unspecified atom stereocenters. The lowest BCUT2D eigenvalue weighted by Gasteiger charge is -2.16. The van der Waals surface area contributed by atoms with Crippen LogP contribution in [-0.4, -0.2) is 18.2 Å². The number of anilines is 1. The minimum absolute atomic E-state index is 0.0922. The molecule has 0 spiro atoms. The fraction of sp³-hybridized carbons (Fsp3) is 0.200. The second kappa shape index (κ2) is 11.8. The Kier molecular flexibility index (Phi) is 8.49. The number of methoxy groups -OCH3 is 1. The number of amidine groups is 1. The first kappa shape index (κ1) is 26.0. The second-order valence-corrected chi connectivity index (χ2v) is 10.2. The van der Waals surface area contributed by atoms with Crippen molar-refractivity contribution in [1.82, 2.24) is 0 Å². The van der Waals surface area contributed by atoms with Gasteiger partial charge in [0.1, 0.15) is 5.75 Å². The number of thioether (sulfide) groups is 1. The van der Waals surface area contributed by atoms with Gasteiger partial charge in [-0.2, -0.15) is 0 Å². The van der Waals surface area contributed by atoms with Crippen molar-refractivity contribution in [2.75, 3.05) is 12.0 Å². The van der Waals surface area contributed by atoms with Gasteiger partial charge in [0.2, 0.25) is 0 Å². The Morgan fingerprint density at radius 2 is 1.67 bits per heavy atom. The quantitative estimate of drug-likeness (QED) is 0.206. The molecule has 1 heterocycles. The van der Waals surface area contributed by atoms with Crippen molar-refractivity contribution in [3.63, 3.8) is 0 Å². The zero-order chi connectivity index (χ0) is 25.7. The standard InChI is InChI=1S/C30H29BrN2O2S/c1-5-8-23-17-22(18-26(31)28(23)35-4)19-27-29(34)33(25-15-11-21(7-3)12-16-25)30(36-27)32-24-13-9-20(6-2)10-14-24/h5,9-19H,1,6-8H2,2-4H3/b27-19-,32-30?. The number of aliphatic imine (C=N–C) groups is 1. The summed E-state index contributed by atoms with van der Waals surface area (Å²) >= 11 is 5.00. The average Bonchev–Trinajstić information content (AvgIpc) is 3.18. The van der Waals surface area contributed by atoms with Gasteiger partial charge in [-0.3, -0.25) is 9.69 Å². The van der Waals surface area contributed by atoms with Crippen LogP contribution in [0, 0.1) is 0 Å². The molecule has 0 atom stereocenters. The van der Waals surface area contributed by atoms with E-state index in [9.17, 15) is 4.79 Å². The molecular weight excluding hydrogens is 532 g/mol. The first-order valence-electron chi connectivity index (χ1n) is 11.9. The maximum atomic E-state index is 13.7. The second-order valence-electron chi connectivity index (χ2n) is 8.37. The summed E-state index contributed by atoms with van der Waals surface area (Å²) in [4.78, 5) is 20.9. The van der Waals surface area contributed by atoms with Crippen molar-refractivity contribution in [2.45, 2.75) is 33.1 Å². The minimum atomic E-state index is -0.0922. The van der Waals surface area contributed by atoms with Crippen molar-refractivity contribution >= 4 is 56.2 Å². The van der Waals surface area contributed by atoms with Crippen LogP contribution in [0.2, 0.25) is 0 Å². The number of carbonyl (C=O) groups excluding carboxylic acids is 1. The molecule has 0 aliphatic carbocycles. The third kappa shape index (κ3) is 5.66. The van der Waals surface area contributed by atoms with Crippen LogP contribution in [0.15, 0.2) is 87.7 Å². The SMILES string of the molecule is C=CCc1cc(/C=C2\SC(=Nc3ccc(CC)cc3)N(c3ccc(CC)cc3)C2=O)cc(Br)c1OC. The lowest BCUT2D eigenvalue weighted by Crippen LogP contribution is -2.28. The first-order chi connectivity index (χ1) is 17.5. The topological polar surface area (TPSA) is 41.9 Å². The van der Waals surface area contributed by atoms with E-state index in [0.29, 0.717) is 16.5 Å². The van der Waals surface area contributed by atoms with Gasteiger partial charge in [0.05, 0.1) is 27.9 Å². The van der Waals surface area contributed by atoms with E-state index in [0.717, 1.165) is 45.6 Å². The molecule has 0 N–H and O–H groups in total. The first-order valence-corrected chi connectivity index (χ1v) is 13.6. The monoisotopic (exact) mass is 560 g/mol. The molecule has 1 saturated heterocycles. The van der Waals surface area contributed by atoms with Crippen molar-refractivity contribution in [3.8, 4) is 5.75 Å². The number of halogens is 1. The Balaban J connectivity index is 1.77. The number of carbonyl (C=O) groups is 1. The number of rotatable bonds is 8. The maximum Gasteiger partial charge on any atom is 0.271 e. The number of amides is 1. The Hall–Kier alpha value is -3.09. The van der Waals surface area contributed by atoms with Gasteiger partial charge in [-0.05, 0) is 112 Å². The van der Waals surface area contributed by atoms with Crippen molar-refractivity contribution < 1.29 is 9.53 Å². The summed E-state index contributed by atoms with van der Waals surface area (Å²) < 4.78 is 6.39. The number of benzene rings is 3. The third-order valence-electron chi connectivity index (χ3n) is 5.99. The molecule has 1 amide bonds. The number of nitrogens with zero attached hydrogens (tertiary/aromatic N) is 2. The van der Waals surface area contributed by atoms with Crippen LogP contribution in [-0.2, 0) is 24.1 Å². The van der Waals surface area contributed by atoms with Gasteiger partial charge in [0, 0.05) is 0 Å². The van der Waals surface area contributed by atoms with Crippen LogP contribution in [0.3, 0.4) is 0 Å². The van der Waals surface area contributed by atoms with E-state index < -0.39 is 0 Å². The number of aryl methyl sites for hydroxylation is 2. The Morgan fingerprint density at radius 3 is 2.25 bits per heavy atom. The maximum absolute atomic E-state index is 13.7. The highest BCUT2D eigenvalue weighted by molar-refractivity contribution is 9.10. The molecule has 0 saturated carbocycles. The minimum Gasteiger partial charge on any atom is -0.495 e. The Labute approximate surface area is 225 Å². The highest BCUT2D eigenvalue weighted by atomic mass is 79.9. The summed E-state index contributed by atoms with van der Waals surface area (Å²) in [6, 6.07) is 20.2. The van der Waals surface area contributed by atoms with E-state index >= 15 is 0 Å². The van der Waals surface area contributed by atoms with E-state index in [1.165, 1.54) is 22.9 Å². The van der Waals surface area contributed by atoms with E-state index in [2.05, 4.69) is 60.6 Å². The average molecular weight is 562 g/mol. The van der Waals surface area contributed by atoms with Gasteiger partial charge < -0.3 is 4.74 Å². The molecule has 0 bridgehead atoms. The smallest absolute Gasteiger partial charge is 0.271 e. The van der Waals surface area contributed by atoms with Crippen LogP contribution in [0.5, 0.6) is 5.75 Å². The summed E-state index contributed by atoms with van der Waals surface area (Å²) in [5.74, 6) is 0.684. The molecule has 1 fully saturated rings. The molecule has 6 heteroatoms. The van der Waals surface area contributed by atoms with Gasteiger partial charge in [-0.1, -0.05) is 44.2 Å². The molecule has 0 radical (unpaired) electrons. The molecule has 36 heavy (non-hydrogen) atoms. The van der Waals surface area contributed by atoms with Crippen molar-refractivity contribution in [1.29, 1.82) is 0 Å². The van der Waals surface area contributed by atoms with Gasteiger partial charge >= 0.3 is 0 Å². The van der Waals surface area contributed by atoms with E-state index in [-0.39, 0.29) is 5.91 Å². The predicted octanol–water partition coefficient (Wildman–Crippen LogP) is 8.12. The van der Waals surface area contributed by atoms with Gasteiger partial charge in [-0.15, -0.1) is 6.58 Å². The van der Waals surface area contributed by atoms with Gasteiger partial charge in [-0.25, -0.2) is 4.99 Å². The van der Waals surface area contributed by atoms with E-state index in [1.807, 2.05) is 48.6 Å². The van der Waals surface area contributed by atoms with Crippen LogP contribution in [0.1, 0.15) is 36.1 Å². The highest BCUT2D eigenvalue weighted by Crippen LogP contribution is 2.39. The summed E-state index contributed by atoms with van der Waals surface area (Å²) in [5.41, 5.74) is 6.01. The number of allylic oxidation sites excluding steroid dienone is 1. The summed E-state index contributed by atoms with van der Waals surface area (Å²) in [7, 11) is 1.65. The molecule has 184 valence electrons. The normalized spacial score (nSPS) is 15.7. The molecule has 3 aromatic rings. The molecular formula is C30H29BrN2O2S. The van der Waals surface area contributed by atoms with Gasteiger partial charge in [0.15, 0.2) is 5.17 Å². The van der Waals surface area contributed by atoms with Crippen LogP contribution in [0.4, 0.5) is 11.4 Å². The van der Waals surface area contributed by atoms with Gasteiger partial charge in [0.25, 0.3) is 5.91 Å². The largest absolute Gasteiger partial charge is 0.495 e. The van der Waals surface area contributed by atoms with E-state index in [1.54, 1.807) is 12.0 Å². The Bertz CT molecular complexity index is 1330. The lowest BCUT2D eigenvalue weighted by atomic mass is 10.1. The summed E-state index contributed by atoms with van der Waals surface area (Å²) in [6.45, 7) is 8.10. The fourth-order valence-electron chi connectivity index (χ4n) is 4.02. The molecule has 1 aliphatic rings. The van der Waals surface area contributed by atoms with Crippen LogP contribution >= 0.6 is 27.7 Å². The highest BCUT2D eigenvalue weighted by Gasteiger charge is 2.34. The predicted molar refractivity (Wildman–Crippen MR) is 156 cm³/mol. The molecule has 1 aliphatic heterocycles. The third-order valence-corrected chi connectivity index (χ3v) is 7.55. The number of hydrogen-bond acceptors (Lipinski definition) is 4. The molecule has 3 aromatic carbocycles. The van der Waals surface area contributed by atoms with Crippen LogP contribution < -0.4 is 9.64 Å². The molecule has 4 nitrogen and oxygen atoms in total. The molecule has 4 rings (SSSR count). The molecule has 0 aromatic heterocycles. The van der Waals surface area contributed by atoms with Crippen molar-refractivity contribution in [3.05, 3.63) is 105 Å². The van der Waals surface area contributed by atoms with E-state index in [4.69, 9.17) is 9.73 Å². The van der Waals surface area contributed by atoms with Crippen molar-refractivity contribution in [2.24, 2.45) is 4.99 Å². The summed E-state index contributed by atoms with van der Waals surface area (Å²) in [6.07, 6.45) is 6.33. The zero-order valence-electron chi connectivity index (χ0n) is 20.8.